The third-order valence-corrected chi connectivity index (χ3v) is 4.41. The van der Waals surface area contributed by atoms with E-state index in [0.29, 0.717) is 18.8 Å². The van der Waals surface area contributed by atoms with Gasteiger partial charge in [-0.25, -0.2) is 9.18 Å². The van der Waals surface area contributed by atoms with Crippen LogP contribution >= 0.6 is 0 Å². The van der Waals surface area contributed by atoms with E-state index in [2.05, 4.69) is 10.6 Å². The Hall–Kier alpha value is -2.44. The van der Waals surface area contributed by atoms with E-state index in [1.54, 1.807) is 0 Å². The van der Waals surface area contributed by atoms with Gasteiger partial charge >= 0.3 is 5.97 Å². The zero-order valence-electron chi connectivity index (χ0n) is 13.5. The van der Waals surface area contributed by atoms with Crippen LogP contribution < -0.4 is 10.6 Å². The smallest absolute Gasteiger partial charge is 0.329 e. The number of hydrogen-bond acceptors (Lipinski definition) is 3. The fourth-order valence-corrected chi connectivity index (χ4v) is 2.85. The van der Waals surface area contributed by atoms with Gasteiger partial charge in [0.05, 0.1) is 6.54 Å². The highest BCUT2D eigenvalue weighted by atomic mass is 19.1. The maximum atomic E-state index is 13.1. The van der Waals surface area contributed by atoms with Crippen molar-refractivity contribution in [1.82, 2.24) is 10.6 Å². The zero-order chi connectivity index (χ0) is 17.7. The van der Waals surface area contributed by atoms with Gasteiger partial charge in [0.25, 0.3) is 5.91 Å². The van der Waals surface area contributed by atoms with Gasteiger partial charge in [-0.1, -0.05) is 13.0 Å². The third kappa shape index (κ3) is 4.31. The minimum absolute atomic E-state index is 0.0993. The topological polar surface area (TPSA) is 95.5 Å². The molecule has 1 aliphatic carbocycles. The van der Waals surface area contributed by atoms with E-state index in [9.17, 15) is 23.9 Å². The Kier molecular flexibility index (Phi) is 5.54. The summed E-state index contributed by atoms with van der Waals surface area (Å²) in [6.07, 6.45) is 2.19. The minimum atomic E-state index is -1.27. The molecule has 1 aromatic rings. The first-order valence-corrected chi connectivity index (χ1v) is 7.90. The Morgan fingerprint density at radius 2 is 1.96 bits per heavy atom. The molecular formula is C17H21FN2O4. The number of amides is 2. The number of carbonyl (C=O) groups is 3. The minimum Gasteiger partial charge on any atom is -0.480 e. The number of carbonyl (C=O) groups excluding carboxylic acids is 2. The van der Waals surface area contributed by atoms with Crippen LogP contribution in [-0.4, -0.2) is 35.0 Å². The van der Waals surface area contributed by atoms with Gasteiger partial charge in [-0.05, 0) is 49.8 Å². The van der Waals surface area contributed by atoms with Gasteiger partial charge in [-0.2, -0.15) is 0 Å². The molecule has 2 rings (SSSR count). The average Bonchev–Trinajstić information content (AvgIpc) is 2.54. The van der Waals surface area contributed by atoms with E-state index in [0.717, 1.165) is 18.9 Å². The van der Waals surface area contributed by atoms with Gasteiger partial charge in [-0.3, -0.25) is 9.59 Å². The van der Waals surface area contributed by atoms with Crippen molar-refractivity contribution in [3.63, 3.8) is 0 Å². The summed E-state index contributed by atoms with van der Waals surface area (Å²) >= 11 is 0. The Labute approximate surface area is 139 Å². The number of nitrogens with one attached hydrogen (secondary N) is 2. The van der Waals surface area contributed by atoms with Crippen LogP contribution in [0.15, 0.2) is 24.3 Å². The number of rotatable bonds is 5. The van der Waals surface area contributed by atoms with Crippen LogP contribution in [0.5, 0.6) is 0 Å². The Balaban J connectivity index is 1.92. The van der Waals surface area contributed by atoms with Crippen LogP contribution in [0, 0.1) is 11.7 Å². The highest BCUT2D eigenvalue weighted by Gasteiger charge is 2.42. The summed E-state index contributed by atoms with van der Waals surface area (Å²) in [7, 11) is 0. The molecule has 1 aromatic carbocycles. The van der Waals surface area contributed by atoms with Crippen molar-refractivity contribution >= 4 is 17.8 Å². The van der Waals surface area contributed by atoms with E-state index in [-0.39, 0.29) is 12.1 Å². The molecule has 1 fully saturated rings. The van der Waals surface area contributed by atoms with Crippen LogP contribution in [0.1, 0.15) is 43.0 Å². The lowest BCUT2D eigenvalue weighted by Gasteiger charge is -2.36. The van der Waals surface area contributed by atoms with Crippen molar-refractivity contribution in [2.24, 2.45) is 5.92 Å². The lowest BCUT2D eigenvalue weighted by Crippen LogP contribution is -2.58. The van der Waals surface area contributed by atoms with Gasteiger partial charge in [-0.15, -0.1) is 0 Å². The summed E-state index contributed by atoms with van der Waals surface area (Å²) in [5.41, 5.74) is -1.17. The second-order valence-electron chi connectivity index (χ2n) is 6.31. The van der Waals surface area contributed by atoms with Gasteiger partial charge in [0.2, 0.25) is 5.91 Å². The quantitative estimate of drug-likeness (QED) is 0.763. The number of aliphatic carboxylic acids is 1. The van der Waals surface area contributed by atoms with Crippen molar-refractivity contribution in [3.8, 4) is 0 Å². The summed E-state index contributed by atoms with van der Waals surface area (Å²) in [5.74, 6) is -2.34. The van der Waals surface area contributed by atoms with Crippen molar-refractivity contribution < 1.29 is 23.9 Å². The first-order valence-electron chi connectivity index (χ1n) is 7.90. The van der Waals surface area contributed by atoms with E-state index < -0.39 is 29.1 Å². The first kappa shape index (κ1) is 17.9. The van der Waals surface area contributed by atoms with E-state index in [1.165, 1.54) is 18.2 Å². The molecule has 6 nitrogen and oxygen atoms in total. The van der Waals surface area contributed by atoms with Crippen LogP contribution in [0.25, 0.3) is 0 Å². The molecule has 24 heavy (non-hydrogen) atoms. The summed E-state index contributed by atoms with van der Waals surface area (Å²) < 4.78 is 13.1. The summed E-state index contributed by atoms with van der Waals surface area (Å²) in [5, 5.41) is 14.4. The fourth-order valence-electron chi connectivity index (χ4n) is 2.85. The van der Waals surface area contributed by atoms with Crippen molar-refractivity contribution in [2.75, 3.05) is 6.54 Å². The molecule has 2 amide bonds. The van der Waals surface area contributed by atoms with Gasteiger partial charge < -0.3 is 15.7 Å². The molecule has 0 atom stereocenters. The van der Waals surface area contributed by atoms with E-state index in [1.807, 2.05) is 6.92 Å². The van der Waals surface area contributed by atoms with Gasteiger partial charge in [0, 0.05) is 5.56 Å². The highest BCUT2D eigenvalue weighted by Crippen LogP contribution is 2.32. The number of carboxylic acids is 1. The normalized spacial score (nSPS) is 23.3. The van der Waals surface area contributed by atoms with Crippen LogP contribution in [-0.2, 0) is 9.59 Å². The summed E-state index contributed by atoms with van der Waals surface area (Å²) in [4.78, 5) is 35.5. The number of benzene rings is 1. The van der Waals surface area contributed by atoms with Gasteiger partial charge in [0.15, 0.2) is 0 Å². The van der Waals surface area contributed by atoms with E-state index in [4.69, 9.17) is 0 Å². The second-order valence-corrected chi connectivity index (χ2v) is 6.31. The molecule has 0 saturated heterocycles. The van der Waals surface area contributed by atoms with Crippen LogP contribution in [0.3, 0.4) is 0 Å². The van der Waals surface area contributed by atoms with Gasteiger partial charge in [0.1, 0.15) is 11.4 Å². The number of halogens is 1. The molecule has 1 aliphatic rings. The Morgan fingerprint density at radius 3 is 2.54 bits per heavy atom. The molecule has 0 aliphatic heterocycles. The maximum absolute atomic E-state index is 13.1. The zero-order valence-corrected chi connectivity index (χ0v) is 13.5. The standard InChI is InChI=1S/C17H21FN2O4/c1-11-5-7-17(8-6-11,16(23)24)20-14(21)10-19-15(22)12-3-2-4-13(18)9-12/h2-4,9,11H,5-8,10H2,1H3,(H,19,22)(H,20,21)(H,23,24). The molecular weight excluding hydrogens is 315 g/mol. The van der Waals surface area contributed by atoms with Crippen molar-refractivity contribution in [1.29, 1.82) is 0 Å². The first-order chi connectivity index (χ1) is 11.3. The van der Waals surface area contributed by atoms with Crippen LogP contribution in [0.2, 0.25) is 0 Å². The molecule has 0 bridgehead atoms. The Bertz CT molecular complexity index is 639. The molecule has 1 saturated carbocycles. The molecule has 0 unspecified atom stereocenters. The predicted octanol–water partition coefficient (Wildman–Crippen LogP) is 1.71. The fraction of sp³-hybridized carbons (Fsp3) is 0.471. The molecule has 130 valence electrons. The van der Waals surface area contributed by atoms with Crippen molar-refractivity contribution in [3.05, 3.63) is 35.6 Å². The summed E-state index contributed by atoms with van der Waals surface area (Å²) in [6.45, 7) is 1.69. The number of carboxylic acid groups (broad SMARTS) is 1. The molecule has 7 heteroatoms. The highest BCUT2D eigenvalue weighted by molar-refractivity contribution is 5.97. The lowest BCUT2D eigenvalue weighted by molar-refractivity contribution is -0.149. The average molecular weight is 336 g/mol. The summed E-state index contributed by atoms with van der Waals surface area (Å²) in [6, 6.07) is 5.10. The molecule has 0 heterocycles. The lowest BCUT2D eigenvalue weighted by atomic mass is 9.77. The van der Waals surface area contributed by atoms with Crippen LogP contribution in [0.4, 0.5) is 4.39 Å². The van der Waals surface area contributed by atoms with E-state index >= 15 is 0 Å². The molecule has 0 spiro atoms. The Morgan fingerprint density at radius 1 is 1.29 bits per heavy atom. The SMILES string of the molecule is CC1CCC(NC(=O)CNC(=O)c2cccc(F)c2)(C(=O)O)CC1. The molecule has 0 aromatic heterocycles. The maximum Gasteiger partial charge on any atom is 0.329 e. The molecule has 0 radical (unpaired) electrons. The number of hydrogen-bond donors (Lipinski definition) is 3. The second kappa shape index (κ2) is 7.42. The third-order valence-electron chi connectivity index (χ3n) is 4.41. The predicted molar refractivity (Wildman–Crippen MR) is 84.9 cm³/mol. The molecule has 3 N–H and O–H groups in total. The monoisotopic (exact) mass is 336 g/mol. The largest absolute Gasteiger partial charge is 0.480 e. The van der Waals surface area contributed by atoms with Crippen molar-refractivity contribution in [2.45, 2.75) is 38.1 Å².